The van der Waals surface area contributed by atoms with E-state index in [1.807, 2.05) is 0 Å². The van der Waals surface area contributed by atoms with Crippen LogP contribution in [0.25, 0.3) is 0 Å². The quantitative estimate of drug-likeness (QED) is 0.788. The third-order valence-corrected chi connectivity index (χ3v) is 2.58. The maximum absolute atomic E-state index is 12.6. The number of benzene rings is 1. The summed E-state index contributed by atoms with van der Waals surface area (Å²) in [6.45, 7) is -1.83. The summed E-state index contributed by atoms with van der Waals surface area (Å²) < 4.78 is 65.4. The molecule has 0 saturated heterocycles. The molecule has 1 rings (SSSR count). The molecule has 1 aromatic carbocycles. The predicted octanol–water partition coefficient (Wildman–Crippen LogP) is 3.90. The summed E-state index contributed by atoms with van der Waals surface area (Å²) in [5.74, 6) is -5.17. The van der Waals surface area contributed by atoms with Gasteiger partial charge in [0.05, 0.1) is 5.56 Å². The third kappa shape index (κ3) is 3.32. The van der Waals surface area contributed by atoms with E-state index in [2.05, 4.69) is 20.7 Å². The van der Waals surface area contributed by atoms with Crippen molar-refractivity contribution in [1.29, 1.82) is 5.26 Å². The molecule has 2 nitrogen and oxygen atoms in total. The van der Waals surface area contributed by atoms with Crippen LogP contribution in [0.15, 0.2) is 22.7 Å². The van der Waals surface area contributed by atoms with Crippen LogP contribution < -0.4 is 4.74 Å². The molecule has 0 N–H and O–H groups in total. The van der Waals surface area contributed by atoms with Gasteiger partial charge in [0.2, 0.25) is 0 Å². The zero-order chi connectivity index (χ0) is 14.0. The second kappa shape index (κ2) is 5.10. The first-order chi connectivity index (χ1) is 8.17. The molecule has 0 heterocycles. The maximum atomic E-state index is 12.6. The lowest BCUT2D eigenvalue weighted by Crippen LogP contribution is -2.41. The molecular weight excluding hydrogens is 325 g/mol. The lowest BCUT2D eigenvalue weighted by atomic mass is 10.2. The van der Waals surface area contributed by atoms with Gasteiger partial charge in [-0.15, -0.1) is 0 Å². The molecule has 0 aliphatic carbocycles. The highest BCUT2D eigenvalue weighted by molar-refractivity contribution is 9.10. The van der Waals surface area contributed by atoms with Crippen LogP contribution in [0, 0.1) is 11.3 Å². The fraction of sp³-hybridized carbons (Fsp3) is 0.300. The van der Waals surface area contributed by atoms with Crippen molar-refractivity contribution in [3.63, 3.8) is 0 Å². The summed E-state index contributed by atoms with van der Waals surface area (Å²) in [7, 11) is 0. The average molecular weight is 330 g/mol. The van der Waals surface area contributed by atoms with Crippen molar-refractivity contribution in [3.8, 4) is 11.8 Å². The molecule has 0 bridgehead atoms. The van der Waals surface area contributed by atoms with Crippen LogP contribution in [0.4, 0.5) is 22.0 Å². The van der Waals surface area contributed by atoms with E-state index in [4.69, 9.17) is 5.26 Å². The highest BCUT2D eigenvalue weighted by atomic mass is 79.9. The van der Waals surface area contributed by atoms with E-state index in [1.165, 1.54) is 12.1 Å². The van der Waals surface area contributed by atoms with Crippen molar-refractivity contribution in [2.24, 2.45) is 0 Å². The minimum absolute atomic E-state index is 0.0721. The van der Waals surface area contributed by atoms with Gasteiger partial charge in [-0.2, -0.15) is 27.2 Å². The standard InChI is InChI=1S/C10H5BrF5NO/c11-8-2-1-7(3-6(8)4-17)18-5-9(12,13)10(14,15)16/h1-3H,5H2. The lowest BCUT2D eigenvalue weighted by Gasteiger charge is -2.19. The predicted molar refractivity (Wildman–Crippen MR) is 55.4 cm³/mol. The van der Waals surface area contributed by atoms with Crippen LogP contribution >= 0.6 is 15.9 Å². The molecule has 0 fully saturated rings. The van der Waals surface area contributed by atoms with E-state index in [9.17, 15) is 22.0 Å². The Labute approximate surface area is 107 Å². The Morgan fingerprint density at radius 2 is 1.83 bits per heavy atom. The van der Waals surface area contributed by atoms with Gasteiger partial charge in [0.15, 0.2) is 6.61 Å². The van der Waals surface area contributed by atoms with Gasteiger partial charge in [-0.05, 0) is 34.1 Å². The molecule has 0 atom stereocenters. The van der Waals surface area contributed by atoms with E-state index >= 15 is 0 Å². The molecule has 0 radical (unpaired) electrons. The third-order valence-electron chi connectivity index (χ3n) is 1.89. The second-order valence-corrected chi connectivity index (χ2v) is 4.10. The fourth-order valence-corrected chi connectivity index (χ4v) is 1.27. The summed E-state index contributed by atoms with van der Waals surface area (Å²) in [5, 5.41) is 8.64. The number of nitrogens with zero attached hydrogens (tertiary/aromatic N) is 1. The first-order valence-electron chi connectivity index (χ1n) is 4.44. The SMILES string of the molecule is N#Cc1cc(OCC(F)(F)C(F)(F)F)ccc1Br. The molecule has 0 saturated carbocycles. The van der Waals surface area contributed by atoms with Crippen molar-refractivity contribution in [2.75, 3.05) is 6.61 Å². The zero-order valence-corrected chi connectivity index (χ0v) is 10.1. The summed E-state index contributed by atoms with van der Waals surface area (Å²) in [5.41, 5.74) is 0.0721. The van der Waals surface area contributed by atoms with Crippen LogP contribution in [-0.2, 0) is 0 Å². The molecule has 0 spiro atoms. The minimum atomic E-state index is -5.67. The highest BCUT2D eigenvalue weighted by Crippen LogP contribution is 2.36. The van der Waals surface area contributed by atoms with Gasteiger partial charge >= 0.3 is 12.1 Å². The van der Waals surface area contributed by atoms with Gasteiger partial charge in [-0.1, -0.05) is 0 Å². The van der Waals surface area contributed by atoms with Crippen LogP contribution in [0.3, 0.4) is 0 Å². The number of alkyl halides is 5. The van der Waals surface area contributed by atoms with E-state index in [0.717, 1.165) is 6.07 Å². The number of halogens is 6. The van der Waals surface area contributed by atoms with E-state index in [0.29, 0.717) is 4.47 Å². The minimum Gasteiger partial charge on any atom is -0.487 e. The molecule has 1 aromatic rings. The smallest absolute Gasteiger partial charge is 0.456 e. The van der Waals surface area contributed by atoms with Crippen molar-refractivity contribution in [1.82, 2.24) is 0 Å². The van der Waals surface area contributed by atoms with Crippen molar-refractivity contribution < 1.29 is 26.7 Å². The molecule has 0 aliphatic heterocycles. The Morgan fingerprint density at radius 3 is 2.33 bits per heavy atom. The van der Waals surface area contributed by atoms with E-state index in [1.54, 1.807) is 6.07 Å². The van der Waals surface area contributed by atoms with Crippen LogP contribution in [0.1, 0.15) is 5.56 Å². The van der Waals surface area contributed by atoms with Gasteiger partial charge < -0.3 is 4.74 Å². The highest BCUT2D eigenvalue weighted by Gasteiger charge is 2.58. The van der Waals surface area contributed by atoms with Crippen LogP contribution in [0.2, 0.25) is 0 Å². The van der Waals surface area contributed by atoms with Gasteiger partial charge in [-0.3, -0.25) is 0 Å². The van der Waals surface area contributed by atoms with Gasteiger partial charge in [0.1, 0.15) is 11.8 Å². The van der Waals surface area contributed by atoms with Crippen LogP contribution in [-0.4, -0.2) is 18.7 Å². The van der Waals surface area contributed by atoms with Gasteiger partial charge in [-0.25, -0.2) is 0 Å². The summed E-state index contributed by atoms with van der Waals surface area (Å²) in [6.07, 6.45) is -5.67. The number of rotatable bonds is 3. The summed E-state index contributed by atoms with van der Waals surface area (Å²) in [6, 6.07) is 5.29. The number of ether oxygens (including phenoxy) is 1. The van der Waals surface area contributed by atoms with Crippen LogP contribution in [0.5, 0.6) is 5.75 Å². The topological polar surface area (TPSA) is 33.0 Å². The van der Waals surface area contributed by atoms with Crippen molar-refractivity contribution in [2.45, 2.75) is 12.1 Å². The second-order valence-electron chi connectivity index (χ2n) is 3.24. The number of hydrogen-bond acceptors (Lipinski definition) is 2. The molecular formula is C10H5BrF5NO. The van der Waals surface area contributed by atoms with E-state index in [-0.39, 0.29) is 11.3 Å². The van der Waals surface area contributed by atoms with Crippen molar-refractivity contribution in [3.05, 3.63) is 28.2 Å². The first kappa shape index (κ1) is 14.7. The normalized spacial score (nSPS) is 12.1. The Morgan fingerprint density at radius 1 is 1.22 bits per heavy atom. The molecule has 98 valence electrons. The van der Waals surface area contributed by atoms with Gasteiger partial charge in [0.25, 0.3) is 0 Å². The fourth-order valence-electron chi connectivity index (χ4n) is 0.936. The van der Waals surface area contributed by atoms with E-state index < -0.39 is 18.7 Å². The lowest BCUT2D eigenvalue weighted by molar-refractivity contribution is -0.290. The summed E-state index contributed by atoms with van der Waals surface area (Å²) >= 11 is 3.01. The Hall–Kier alpha value is -1.36. The number of nitriles is 1. The molecule has 18 heavy (non-hydrogen) atoms. The van der Waals surface area contributed by atoms with Crippen molar-refractivity contribution >= 4 is 15.9 Å². The molecule has 8 heteroatoms. The maximum Gasteiger partial charge on any atom is 0.456 e. The molecule has 0 amide bonds. The number of hydrogen-bond donors (Lipinski definition) is 0. The molecule has 0 unspecified atom stereocenters. The molecule has 0 aliphatic rings. The monoisotopic (exact) mass is 329 g/mol. The molecule has 0 aromatic heterocycles. The Kier molecular flexibility index (Phi) is 4.16. The van der Waals surface area contributed by atoms with Gasteiger partial charge in [0, 0.05) is 4.47 Å². The zero-order valence-electron chi connectivity index (χ0n) is 8.56. The Balaban J connectivity index is 2.79. The largest absolute Gasteiger partial charge is 0.487 e. The summed E-state index contributed by atoms with van der Waals surface area (Å²) in [4.78, 5) is 0. The average Bonchev–Trinajstić information content (AvgIpc) is 2.26. The Bertz CT molecular complexity index is 480. The first-order valence-corrected chi connectivity index (χ1v) is 5.23.